The van der Waals surface area contributed by atoms with Crippen molar-refractivity contribution in [3.05, 3.63) is 42.0 Å². The molecule has 0 spiro atoms. The third kappa shape index (κ3) is 4.24. The first-order chi connectivity index (χ1) is 13.2. The number of hydrogen-bond acceptors (Lipinski definition) is 5. The number of phenolic OH excluding ortho intramolecular Hbond substituents is 1. The molecule has 0 bridgehead atoms. The summed E-state index contributed by atoms with van der Waals surface area (Å²) in [5, 5.41) is 12.6. The number of benzene rings is 2. The predicted molar refractivity (Wildman–Crippen MR) is 105 cm³/mol. The van der Waals surface area contributed by atoms with Gasteiger partial charge in [-0.25, -0.2) is 0 Å². The van der Waals surface area contributed by atoms with Gasteiger partial charge in [-0.15, -0.1) is 0 Å². The van der Waals surface area contributed by atoms with Crippen molar-refractivity contribution in [2.24, 2.45) is 0 Å². The molecule has 0 radical (unpaired) electrons. The molecule has 6 heteroatoms. The molecule has 6 nitrogen and oxygen atoms in total. The number of fused-ring (bicyclic) bond motifs is 1. The number of rotatable bonds is 4. The summed E-state index contributed by atoms with van der Waals surface area (Å²) >= 11 is 0. The van der Waals surface area contributed by atoms with Crippen molar-refractivity contribution in [1.82, 2.24) is 14.7 Å². The molecule has 27 heavy (non-hydrogen) atoms. The molecular formula is C21H27N3O3. The van der Waals surface area contributed by atoms with Crippen LogP contribution in [0.4, 0.5) is 0 Å². The monoisotopic (exact) mass is 369 g/mol. The van der Waals surface area contributed by atoms with Crippen molar-refractivity contribution in [2.75, 3.05) is 59.0 Å². The van der Waals surface area contributed by atoms with Crippen LogP contribution in [0.1, 0.15) is 5.56 Å². The summed E-state index contributed by atoms with van der Waals surface area (Å²) in [5.41, 5.74) is 0.992. The van der Waals surface area contributed by atoms with Gasteiger partial charge in [-0.1, -0.05) is 30.3 Å². The summed E-state index contributed by atoms with van der Waals surface area (Å²) in [6.45, 7) is 7.49. The van der Waals surface area contributed by atoms with E-state index < -0.39 is 0 Å². The second-order valence-corrected chi connectivity index (χ2v) is 7.33. The second kappa shape index (κ2) is 8.25. The van der Waals surface area contributed by atoms with Crippen molar-refractivity contribution >= 4 is 16.7 Å². The highest BCUT2D eigenvalue weighted by Crippen LogP contribution is 2.28. The van der Waals surface area contributed by atoms with E-state index in [0.29, 0.717) is 38.6 Å². The number of aromatic hydroxyl groups is 1. The minimum absolute atomic E-state index is 0.207. The minimum Gasteiger partial charge on any atom is -0.508 e. The molecule has 0 saturated carbocycles. The molecule has 2 aliphatic rings. The standard InChI is InChI=1S/C21H27N3O3/c25-20-6-5-17-3-1-2-4-18(17)19(20)15-22-7-9-23(10-8-22)16-21(26)24-11-13-27-14-12-24/h1-6,25H,7-16H2. The van der Waals surface area contributed by atoms with E-state index in [1.807, 2.05) is 23.1 Å². The number of nitrogens with zero attached hydrogens (tertiary/aromatic N) is 3. The topological polar surface area (TPSA) is 56.2 Å². The summed E-state index contributed by atoms with van der Waals surface area (Å²) in [6.07, 6.45) is 0. The molecule has 2 saturated heterocycles. The third-order valence-electron chi connectivity index (χ3n) is 5.59. The molecule has 1 amide bonds. The second-order valence-electron chi connectivity index (χ2n) is 7.33. The maximum absolute atomic E-state index is 12.4. The first-order valence-electron chi connectivity index (χ1n) is 9.70. The summed E-state index contributed by atoms with van der Waals surface area (Å²) in [6, 6.07) is 11.9. The molecule has 2 aromatic carbocycles. The highest BCUT2D eigenvalue weighted by Gasteiger charge is 2.23. The number of carbonyl (C=O) groups is 1. The number of piperazine rings is 1. The quantitative estimate of drug-likeness (QED) is 0.886. The zero-order valence-electron chi connectivity index (χ0n) is 15.6. The van der Waals surface area contributed by atoms with E-state index in [9.17, 15) is 9.90 Å². The average Bonchev–Trinajstić information content (AvgIpc) is 2.72. The third-order valence-corrected chi connectivity index (χ3v) is 5.59. The Hall–Kier alpha value is -2.15. The van der Waals surface area contributed by atoms with Crippen LogP contribution in [0, 0.1) is 0 Å². The van der Waals surface area contributed by atoms with E-state index in [1.165, 1.54) is 0 Å². The zero-order chi connectivity index (χ0) is 18.6. The fraction of sp³-hybridized carbons (Fsp3) is 0.476. The van der Waals surface area contributed by atoms with Gasteiger partial charge in [-0.3, -0.25) is 14.6 Å². The summed E-state index contributed by atoms with van der Waals surface area (Å²) < 4.78 is 5.32. The molecule has 2 aromatic rings. The molecule has 2 heterocycles. The lowest BCUT2D eigenvalue weighted by molar-refractivity contribution is -0.136. The van der Waals surface area contributed by atoms with Crippen molar-refractivity contribution in [3.63, 3.8) is 0 Å². The molecule has 2 fully saturated rings. The lowest BCUT2D eigenvalue weighted by Gasteiger charge is -2.36. The smallest absolute Gasteiger partial charge is 0.236 e. The van der Waals surface area contributed by atoms with E-state index in [2.05, 4.69) is 21.9 Å². The van der Waals surface area contributed by atoms with Gasteiger partial charge in [0.1, 0.15) is 5.75 Å². The van der Waals surface area contributed by atoms with Crippen molar-refractivity contribution in [2.45, 2.75) is 6.54 Å². The van der Waals surface area contributed by atoms with Crippen LogP contribution in [0.2, 0.25) is 0 Å². The SMILES string of the molecule is O=C(CN1CCN(Cc2c(O)ccc3ccccc23)CC1)N1CCOCC1. The first kappa shape index (κ1) is 18.2. The number of ether oxygens (including phenoxy) is 1. The van der Waals surface area contributed by atoms with Crippen LogP contribution in [0.25, 0.3) is 10.8 Å². The number of amides is 1. The number of carbonyl (C=O) groups excluding carboxylic acids is 1. The molecule has 1 N–H and O–H groups in total. The summed E-state index contributed by atoms with van der Waals surface area (Å²) in [7, 11) is 0. The largest absolute Gasteiger partial charge is 0.508 e. The number of hydrogen-bond donors (Lipinski definition) is 1. The maximum Gasteiger partial charge on any atom is 0.236 e. The molecule has 0 unspecified atom stereocenters. The molecule has 144 valence electrons. The Bertz CT molecular complexity index is 796. The van der Waals surface area contributed by atoms with E-state index in [-0.39, 0.29) is 5.91 Å². The Balaban J connectivity index is 1.33. The van der Waals surface area contributed by atoms with Gasteiger partial charge < -0.3 is 14.7 Å². The van der Waals surface area contributed by atoms with Crippen molar-refractivity contribution in [3.8, 4) is 5.75 Å². The molecule has 0 atom stereocenters. The number of morpholine rings is 1. The van der Waals surface area contributed by atoms with Gasteiger partial charge in [0, 0.05) is 51.4 Å². The van der Waals surface area contributed by atoms with Gasteiger partial charge in [-0.2, -0.15) is 0 Å². The highest BCUT2D eigenvalue weighted by molar-refractivity contribution is 5.87. The van der Waals surface area contributed by atoms with Gasteiger partial charge in [0.2, 0.25) is 5.91 Å². The van der Waals surface area contributed by atoms with Crippen LogP contribution in [0.15, 0.2) is 36.4 Å². The number of phenols is 1. The lowest BCUT2D eigenvalue weighted by Crippen LogP contribution is -2.51. The van der Waals surface area contributed by atoms with Gasteiger partial charge in [-0.05, 0) is 16.8 Å². The normalized spacial score (nSPS) is 19.5. The molecule has 0 aromatic heterocycles. The Morgan fingerprint density at radius 2 is 1.63 bits per heavy atom. The van der Waals surface area contributed by atoms with E-state index in [0.717, 1.165) is 49.1 Å². The predicted octanol–water partition coefficient (Wildman–Crippen LogP) is 1.52. The van der Waals surface area contributed by atoms with Gasteiger partial charge >= 0.3 is 0 Å². The van der Waals surface area contributed by atoms with Crippen LogP contribution < -0.4 is 0 Å². The van der Waals surface area contributed by atoms with Crippen LogP contribution >= 0.6 is 0 Å². The highest BCUT2D eigenvalue weighted by atomic mass is 16.5. The lowest BCUT2D eigenvalue weighted by atomic mass is 10.0. The van der Waals surface area contributed by atoms with Crippen LogP contribution in [-0.2, 0) is 16.1 Å². The van der Waals surface area contributed by atoms with E-state index in [1.54, 1.807) is 6.07 Å². The first-order valence-corrected chi connectivity index (χ1v) is 9.70. The Morgan fingerprint density at radius 3 is 2.41 bits per heavy atom. The minimum atomic E-state index is 0.207. The van der Waals surface area contributed by atoms with Crippen LogP contribution in [0.5, 0.6) is 5.75 Å². The van der Waals surface area contributed by atoms with Gasteiger partial charge in [0.05, 0.1) is 19.8 Å². The van der Waals surface area contributed by atoms with Gasteiger partial charge in [0.25, 0.3) is 0 Å². The molecule has 0 aliphatic carbocycles. The average molecular weight is 369 g/mol. The maximum atomic E-state index is 12.4. The summed E-state index contributed by atoms with van der Waals surface area (Å²) in [5.74, 6) is 0.567. The van der Waals surface area contributed by atoms with E-state index in [4.69, 9.17) is 4.74 Å². The summed E-state index contributed by atoms with van der Waals surface area (Å²) in [4.78, 5) is 18.9. The molecule has 4 rings (SSSR count). The van der Waals surface area contributed by atoms with Crippen molar-refractivity contribution in [1.29, 1.82) is 0 Å². The van der Waals surface area contributed by atoms with Gasteiger partial charge in [0.15, 0.2) is 0 Å². The molecule has 2 aliphatic heterocycles. The zero-order valence-corrected chi connectivity index (χ0v) is 15.6. The van der Waals surface area contributed by atoms with Crippen LogP contribution in [-0.4, -0.2) is 84.7 Å². The molecular weight excluding hydrogens is 342 g/mol. The van der Waals surface area contributed by atoms with Crippen molar-refractivity contribution < 1.29 is 14.6 Å². The Kier molecular flexibility index (Phi) is 5.57. The van der Waals surface area contributed by atoms with Crippen LogP contribution in [0.3, 0.4) is 0 Å². The Morgan fingerprint density at radius 1 is 0.926 bits per heavy atom. The fourth-order valence-corrected chi connectivity index (χ4v) is 3.92. The Labute approximate surface area is 159 Å². The fourth-order valence-electron chi connectivity index (χ4n) is 3.92. The van der Waals surface area contributed by atoms with E-state index >= 15 is 0 Å².